The number of rotatable bonds is 3. The molecule has 1 unspecified atom stereocenters. The first-order valence-electron chi connectivity index (χ1n) is 6.29. The van der Waals surface area contributed by atoms with Gasteiger partial charge in [-0.25, -0.2) is 0 Å². The predicted molar refractivity (Wildman–Crippen MR) is 75.3 cm³/mol. The van der Waals surface area contributed by atoms with Gasteiger partial charge in [0.05, 0.1) is 0 Å². The number of nitrogens with zero attached hydrogens (tertiary/aromatic N) is 1. The molecule has 0 spiro atoms. The molecule has 2 rings (SSSR count). The molecule has 18 heavy (non-hydrogen) atoms. The lowest BCUT2D eigenvalue weighted by Crippen LogP contribution is -2.38. The number of hydrogen-bond acceptors (Lipinski definition) is 2. The Labute approximate surface area is 115 Å². The summed E-state index contributed by atoms with van der Waals surface area (Å²) in [5.41, 5.74) is 1.85. The highest BCUT2D eigenvalue weighted by Crippen LogP contribution is 2.09. The highest BCUT2D eigenvalue weighted by molar-refractivity contribution is 5.92. The van der Waals surface area contributed by atoms with Crippen molar-refractivity contribution >= 4 is 18.3 Å². The number of nitrogens with one attached hydrogen (secondary N) is 2. The first kappa shape index (κ1) is 15.1. The maximum atomic E-state index is 12.0. The van der Waals surface area contributed by atoms with Crippen molar-refractivity contribution in [3.8, 4) is 0 Å². The molecule has 4 nitrogen and oxygen atoms in total. The zero-order valence-electron chi connectivity index (χ0n) is 11.0. The second kappa shape index (κ2) is 6.81. The molecule has 1 saturated heterocycles. The molecule has 2 N–H and O–H groups in total. The summed E-state index contributed by atoms with van der Waals surface area (Å²) in [4.78, 5) is 12.0. The summed E-state index contributed by atoms with van der Waals surface area (Å²) in [6.07, 6.45) is 2.42. The fourth-order valence-corrected chi connectivity index (χ4v) is 2.27. The predicted octanol–water partition coefficient (Wildman–Crippen LogP) is 1.48. The van der Waals surface area contributed by atoms with Crippen molar-refractivity contribution in [2.75, 3.05) is 19.6 Å². The van der Waals surface area contributed by atoms with Crippen molar-refractivity contribution < 1.29 is 4.79 Å². The number of halogens is 1. The standard InChI is InChI=1S/C13H21N3O.ClH/c1-10-5-6-12(16(10)2)13(17)15-9-11-4-3-7-14-8-11;/h5-6,11,14H,3-4,7-9H2,1-2H3,(H,15,17);1H. The molecule has 1 amide bonds. The van der Waals surface area contributed by atoms with Crippen LogP contribution in [0.1, 0.15) is 29.0 Å². The van der Waals surface area contributed by atoms with Crippen LogP contribution >= 0.6 is 12.4 Å². The zero-order valence-corrected chi connectivity index (χ0v) is 11.8. The van der Waals surface area contributed by atoms with E-state index in [1.54, 1.807) is 0 Å². The van der Waals surface area contributed by atoms with Crippen molar-refractivity contribution in [1.29, 1.82) is 0 Å². The van der Waals surface area contributed by atoms with Crippen molar-refractivity contribution in [2.45, 2.75) is 19.8 Å². The third-order valence-corrected chi connectivity index (χ3v) is 3.56. The summed E-state index contributed by atoms with van der Waals surface area (Å²) in [5.74, 6) is 0.611. The Morgan fingerprint density at radius 2 is 2.33 bits per heavy atom. The first-order chi connectivity index (χ1) is 8.18. The molecule has 0 saturated carbocycles. The Balaban J connectivity index is 0.00000162. The summed E-state index contributed by atoms with van der Waals surface area (Å²) >= 11 is 0. The average Bonchev–Trinajstić information content (AvgIpc) is 2.69. The number of aryl methyl sites for hydroxylation is 1. The third-order valence-electron chi connectivity index (χ3n) is 3.56. The fraction of sp³-hybridized carbons (Fsp3) is 0.615. The van der Waals surface area contributed by atoms with Crippen LogP contribution in [0, 0.1) is 12.8 Å². The molecule has 1 atom stereocenters. The van der Waals surface area contributed by atoms with Gasteiger partial charge in [0.15, 0.2) is 0 Å². The minimum atomic E-state index is 0. The van der Waals surface area contributed by atoms with Gasteiger partial charge in [-0.1, -0.05) is 0 Å². The van der Waals surface area contributed by atoms with E-state index in [2.05, 4.69) is 10.6 Å². The zero-order chi connectivity index (χ0) is 12.3. The molecule has 0 aromatic carbocycles. The topological polar surface area (TPSA) is 46.1 Å². The molecule has 1 aromatic rings. The number of aromatic nitrogens is 1. The molecule has 2 heterocycles. The highest BCUT2D eigenvalue weighted by Gasteiger charge is 2.15. The molecule has 1 aliphatic heterocycles. The molecule has 5 heteroatoms. The van der Waals surface area contributed by atoms with E-state index >= 15 is 0 Å². The average molecular weight is 272 g/mol. The highest BCUT2D eigenvalue weighted by atomic mass is 35.5. The summed E-state index contributed by atoms with van der Waals surface area (Å²) in [5, 5.41) is 6.38. The maximum Gasteiger partial charge on any atom is 0.267 e. The third kappa shape index (κ3) is 3.50. The van der Waals surface area contributed by atoms with E-state index in [4.69, 9.17) is 0 Å². The van der Waals surface area contributed by atoms with Crippen LogP contribution in [0.25, 0.3) is 0 Å². The number of piperidine rings is 1. The Bertz CT molecular complexity index is 397. The first-order valence-corrected chi connectivity index (χ1v) is 6.29. The van der Waals surface area contributed by atoms with Gasteiger partial charge >= 0.3 is 0 Å². The lowest BCUT2D eigenvalue weighted by molar-refractivity contribution is 0.0936. The van der Waals surface area contributed by atoms with Crippen LogP contribution in [0.4, 0.5) is 0 Å². The van der Waals surface area contributed by atoms with Crippen LogP contribution in [0.15, 0.2) is 12.1 Å². The van der Waals surface area contributed by atoms with Crippen LogP contribution in [0.5, 0.6) is 0 Å². The minimum absolute atomic E-state index is 0. The smallest absolute Gasteiger partial charge is 0.267 e. The Morgan fingerprint density at radius 3 is 2.89 bits per heavy atom. The van der Waals surface area contributed by atoms with Gasteiger partial charge in [0.25, 0.3) is 5.91 Å². The lowest BCUT2D eigenvalue weighted by Gasteiger charge is -2.22. The monoisotopic (exact) mass is 271 g/mol. The molecule has 0 aliphatic carbocycles. The van der Waals surface area contributed by atoms with Crippen molar-refractivity contribution in [2.24, 2.45) is 13.0 Å². The Morgan fingerprint density at radius 1 is 1.56 bits per heavy atom. The van der Waals surface area contributed by atoms with E-state index in [-0.39, 0.29) is 18.3 Å². The number of carbonyl (C=O) groups excluding carboxylic acids is 1. The van der Waals surface area contributed by atoms with E-state index < -0.39 is 0 Å². The van der Waals surface area contributed by atoms with E-state index in [1.807, 2.05) is 30.7 Å². The Hall–Kier alpha value is -1.00. The van der Waals surface area contributed by atoms with Crippen LogP contribution < -0.4 is 10.6 Å². The van der Waals surface area contributed by atoms with Crippen molar-refractivity contribution in [1.82, 2.24) is 15.2 Å². The second-order valence-electron chi connectivity index (χ2n) is 4.84. The molecule has 102 valence electrons. The van der Waals surface area contributed by atoms with Gasteiger partial charge in [0.1, 0.15) is 5.69 Å². The van der Waals surface area contributed by atoms with Crippen LogP contribution in [-0.4, -0.2) is 30.1 Å². The van der Waals surface area contributed by atoms with E-state index in [0.29, 0.717) is 5.92 Å². The lowest BCUT2D eigenvalue weighted by atomic mass is 10.00. The maximum absolute atomic E-state index is 12.0. The molecule has 1 aromatic heterocycles. The number of hydrogen-bond donors (Lipinski definition) is 2. The summed E-state index contributed by atoms with van der Waals surface area (Å²) in [6.45, 7) is 4.91. The second-order valence-corrected chi connectivity index (χ2v) is 4.84. The SMILES string of the molecule is Cc1ccc(C(=O)NCC2CCCNC2)n1C.Cl. The molecular formula is C13H22ClN3O. The number of amides is 1. The van der Waals surface area contributed by atoms with Gasteiger partial charge in [0, 0.05) is 19.3 Å². The van der Waals surface area contributed by atoms with Crippen LogP contribution in [0.3, 0.4) is 0 Å². The van der Waals surface area contributed by atoms with Gasteiger partial charge in [-0.2, -0.15) is 0 Å². The fourth-order valence-electron chi connectivity index (χ4n) is 2.27. The quantitative estimate of drug-likeness (QED) is 0.875. The van der Waals surface area contributed by atoms with Gasteiger partial charge in [-0.15, -0.1) is 12.4 Å². The van der Waals surface area contributed by atoms with Gasteiger partial charge < -0.3 is 15.2 Å². The van der Waals surface area contributed by atoms with Gasteiger partial charge in [-0.3, -0.25) is 4.79 Å². The van der Waals surface area contributed by atoms with Crippen molar-refractivity contribution in [3.05, 3.63) is 23.5 Å². The Kier molecular flexibility index (Phi) is 5.69. The largest absolute Gasteiger partial charge is 0.350 e. The van der Waals surface area contributed by atoms with E-state index in [1.165, 1.54) is 12.8 Å². The van der Waals surface area contributed by atoms with E-state index in [0.717, 1.165) is 31.0 Å². The molecule has 1 fully saturated rings. The normalized spacial score (nSPS) is 19.1. The molecule has 0 bridgehead atoms. The molecule has 0 radical (unpaired) electrons. The van der Waals surface area contributed by atoms with Gasteiger partial charge in [-0.05, 0) is 50.9 Å². The summed E-state index contributed by atoms with van der Waals surface area (Å²) in [7, 11) is 1.92. The summed E-state index contributed by atoms with van der Waals surface area (Å²) < 4.78 is 1.93. The van der Waals surface area contributed by atoms with Crippen LogP contribution in [0.2, 0.25) is 0 Å². The summed E-state index contributed by atoms with van der Waals surface area (Å²) in [6, 6.07) is 3.85. The molecule has 1 aliphatic rings. The minimum Gasteiger partial charge on any atom is -0.350 e. The van der Waals surface area contributed by atoms with E-state index in [9.17, 15) is 4.79 Å². The number of carbonyl (C=O) groups is 1. The van der Waals surface area contributed by atoms with Gasteiger partial charge in [0.2, 0.25) is 0 Å². The van der Waals surface area contributed by atoms with Crippen molar-refractivity contribution in [3.63, 3.8) is 0 Å². The molecular weight excluding hydrogens is 250 g/mol. The van der Waals surface area contributed by atoms with Crippen LogP contribution in [-0.2, 0) is 7.05 Å².